The van der Waals surface area contributed by atoms with Gasteiger partial charge in [-0.25, -0.2) is 4.39 Å². The Morgan fingerprint density at radius 1 is 1.25 bits per heavy atom. The van der Waals surface area contributed by atoms with Crippen LogP contribution in [-0.2, 0) is 6.54 Å². The van der Waals surface area contributed by atoms with Gasteiger partial charge in [0.15, 0.2) is 5.76 Å². The van der Waals surface area contributed by atoms with Gasteiger partial charge < -0.3 is 9.84 Å². The Morgan fingerprint density at radius 2 is 2.00 bits per heavy atom. The second kappa shape index (κ2) is 6.57. The quantitative estimate of drug-likeness (QED) is 0.823. The Bertz CT molecular complexity index is 599. The Labute approximate surface area is 127 Å². The van der Waals surface area contributed by atoms with Gasteiger partial charge in [0.2, 0.25) is 0 Å². The van der Waals surface area contributed by atoms with E-state index >= 15 is 0 Å². The molecule has 0 spiro atoms. The normalized spacial score (nSPS) is 11.3. The molecule has 0 radical (unpaired) electrons. The highest BCUT2D eigenvalue weighted by atomic mass is 35.5. The van der Waals surface area contributed by atoms with Crippen molar-refractivity contribution >= 4 is 23.2 Å². The van der Waals surface area contributed by atoms with Gasteiger partial charge in [0.05, 0.1) is 15.7 Å². The van der Waals surface area contributed by atoms with E-state index in [2.05, 4.69) is 24.3 Å². The van der Waals surface area contributed by atoms with Crippen LogP contribution >= 0.6 is 23.2 Å². The SMILES string of the molecule is CC(C)CNCc1cc(-c2cc(F)c(Cl)cc2Cl)on1. The number of benzene rings is 1. The summed E-state index contributed by atoms with van der Waals surface area (Å²) in [5, 5.41) is 7.49. The molecule has 1 aromatic heterocycles. The van der Waals surface area contributed by atoms with Crippen LogP contribution in [0.5, 0.6) is 0 Å². The summed E-state index contributed by atoms with van der Waals surface area (Å²) in [7, 11) is 0. The fourth-order valence-electron chi connectivity index (χ4n) is 1.72. The van der Waals surface area contributed by atoms with E-state index in [0.29, 0.717) is 28.8 Å². The second-order valence-corrected chi connectivity index (χ2v) is 5.77. The zero-order valence-corrected chi connectivity index (χ0v) is 12.7. The van der Waals surface area contributed by atoms with Crippen LogP contribution in [0.4, 0.5) is 4.39 Å². The third-order valence-electron chi connectivity index (χ3n) is 2.69. The summed E-state index contributed by atoms with van der Waals surface area (Å²) in [5.74, 6) is 0.440. The molecular weight excluding hydrogens is 302 g/mol. The van der Waals surface area contributed by atoms with Gasteiger partial charge in [-0.3, -0.25) is 0 Å². The average Bonchev–Trinajstić information content (AvgIpc) is 2.82. The molecule has 20 heavy (non-hydrogen) atoms. The van der Waals surface area contributed by atoms with Crippen LogP contribution in [-0.4, -0.2) is 11.7 Å². The monoisotopic (exact) mass is 316 g/mol. The first kappa shape index (κ1) is 15.3. The third-order valence-corrected chi connectivity index (χ3v) is 3.30. The molecule has 0 fully saturated rings. The number of nitrogens with zero attached hydrogens (tertiary/aromatic N) is 1. The van der Waals surface area contributed by atoms with Crippen molar-refractivity contribution in [3.05, 3.63) is 39.8 Å². The summed E-state index contributed by atoms with van der Waals surface area (Å²) in [4.78, 5) is 0. The third kappa shape index (κ3) is 3.72. The molecule has 0 aliphatic heterocycles. The van der Waals surface area contributed by atoms with Gasteiger partial charge in [-0.1, -0.05) is 42.2 Å². The van der Waals surface area contributed by atoms with Crippen molar-refractivity contribution in [1.29, 1.82) is 0 Å². The van der Waals surface area contributed by atoms with Crippen molar-refractivity contribution in [3.63, 3.8) is 0 Å². The minimum absolute atomic E-state index is 0.0166. The first-order valence-electron chi connectivity index (χ1n) is 6.28. The highest BCUT2D eigenvalue weighted by molar-refractivity contribution is 6.36. The van der Waals surface area contributed by atoms with E-state index in [1.54, 1.807) is 6.07 Å². The Morgan fingerprint density at radius 3 is 2.70 bits per heavy atom. The molecule has 2 rings (SSSR count). The molecule has 6 heteroatoms. The molecule has 1 heterocycles. The van der Waals surface area contributed by atoms with Gasteiger partial charge in [0.25, 0.3) is 0 Å². The lowest BCUT2D eigenvalue weighted by atomic mass is 10.1. The van der Waals surface area contributed by atoms with Gasteiger partial charge in [-0.05, 0) is 24.6 Å². The molecule has 0 unspecified atom stereocenters. The lowest BCUT2D eigenvalue weighted by molar-refractivity contribution is 0.417. The molecule has 1 aromatic carbocycles. The van der Waals surface area contributed by atoms with Crippen molar-refractivity contribution in [1.82, 2.24) is 10.5 Å². The molecule has 0 saturated heterocycles. The summed E-state index contributed by atoms with van der Waals surface area (Å²) in [5.41, 5.74) is 1.18. The van der Waals surface area contributed by atoms with Crippen molar-refractivity contribution in [3.8, 4) is 11.3 Å². The van der Waals surface area contributed by atoms with Crippen LogP contribution in [0.2, 0.25) is 10.0 Å². The highest BCUT2D eigenvalue weighted by Gasteiger charge is 2.13. The Kier molecular flexibility index (Phi) is 5.02. The maximum atomic E-state index is 13.5. The Hall–Kier alpha value is -1.10. The number of rotatable bonds is 5. The second-order valence-electron chi connectivity index (χ2n) is 4.95. The molecular formula is C14H15Cl2FN2O. The molecule has 0 bridgehead atoms. The summed E-state index contributed by atoms with van der Waals surface area (Å²) in [6.45, 7) is 5.73. The maximum Gasteiger partial charge on any atom is 0.168 e. The van der Waals surface area contributed by atoms with E-state index in [0.717, 1.165) is 12.2 Å². The van der Waals surface area contributed by atoms with Crippen LogP contribution in [0.15, 0.2) is 22.7 Å². The van der Waals surface area contributed by atoms with Gasteiger partial charge in [-0.15, -0.1) is 0 Å². The van der Waals surface area contributed by atoms with Gasteiger partial charge in [0, 0.05) is 18.2 Å². The molecule has 1 N–H and O–H groups in total. The lowest BCUT2D eigenvalue weighted by Crippen LogP contribution is -2.18. The van der Waals surface area contributed by atoms with Crippen molar-refractivity contribution in [2.75, 3.05) is 6.54 Å². The molecule has 0 amide bonds. The smallest absolute Gasteiger partial charge is 0.168 e. The van der Waals surface area contributed by atoms with Crippen LogP contribution in [0.25, 0.3) is 11.3 Å². The number of hydrogen-bond acceptors (Lipinski definition) is 3. The minimum atomic E-state index is -0.540. The predicted octanol–water partition coefficient (Wildman–Crippen LogP) is 4.53. The molecule has 108 valence electrons. The highest BCUT2D eigenvalue weighted by Crippen LogP contribution is 2.32. The lowest BCUT2D eigenvalue weighted by Gasteiger charge is -2.04. The molecule has 0 aliphatic rings. The van der Waals surface area contributed by atoms with Crippen LogP contribution < -0.4 is 5.32 Å². The van der Waals surface area contributed by atoms with Gasteiger partial charge in [0.1, 0.15) is 5.82 Å². The number of halogens is 3. The number of nitrogens with one attached hydrogen (secondary N) is 1. The molecule has 3 nitrogen and oxygen atoms in total. The fourth-order valence-corrected chi connectivity index (χ4v) is 2.20. The van der Waals surface area contributed by atoms with Gasteiger partial charge in [-0.2, -0.15) is 0 Å². The van der Waals surface area contributed by atoms with Crippen molar-refractivity contribution in [2.45, 2.75) is 20.4 Å². The summed E-state index contributed by atoms with van der Waals surface area (Å²) >= 11 is 11.7. The minimum Gasteiger partial charge on any atom is -0.356 e. The van der Waals surface area contributed by atoms with Crippen LogP contribution in [0, 0.1) is 11.7 Å². The van der Waals surface area contributed by atoms with Crippen LogP contribution in [0.1, 0.15) is 19.5 Å². The summed E-state index contributed by atoms with van der Waals surface area (Å²) in [6, 6.07) is 4.34. The van der Waals surface area contributed by atoms with E-state index in [4.69, 9.17) is 27.7 Å². The Balaban J connectivity index is 2.14. The van der Waals surface area contributed by atoms with Crippen molar-refractivity contribution < 1.29 is 8.91 Å². The van der Waals surface area contributed by atoms with E-state index in [9.17, 15) is 4.39 Å². The topological polar surface area (TPSA) is 38.1 Å². The molecule has 0 atom stereocenters. The molecule has 0 aliphatic carbocycles. The first-order chi connectivity index (χ1) is 9.47. The van der Waals surface area contributed by atoms with E-state index in [-0.39, 0.29) is 5.02 Å². The zero-order valence-electron chi connectivity index (χ0n) is 11.2. The van der Waals surface area contributed by atoms with Gasteiger partial charge >= 0.3 is 0 Å². The maximum absolute atomic E-state index is 13.5. The van der Waals surface area contributed by atoms with E-state index < -0.39 is 5.82 Å². The standard InChI is InChI=1S/C14H15Cl2FN2O/c1-8(2)6-18-7-9-3-14(20-19-9)10-4-13(17)12(16)5-11(10)15/h3-5,8,18H,6-7H2,1-2H3. The number of aromatic nitrogens is 1. The first-order valence-corrected chi connectivity index (χ1v) is 7.04. The fraction of sp³-hybridized carbons (Fsp3) is 0.357. The van der Waals surface area contributed by atoms with E-state index in [1.165, 1.54) is 12.1 Å². The average molecular weight is 317 g/mol. The largest absolute Gasteiger partial charge is 0.356 e. The molecule has 2 aromatic rings. The predicted molar refractivity (Wildman–Crippen MR) is 78.5 cm³/mol. The van der Waals surface area contributed by atoms with E-state index in [1.807, 2.05) is 0 Å². The summed E-state index contributed by atoms with van der Waals surface area (Å²) in [6.07, 6.45) is 0. The van der Waals surface area contributed by atoms with Crippen LogP contribution in [0.3, 0.4) is 0 Å². The summed E-state index contributed by atoms with van der Waals surface area (Å²) < 4.78 is 18.7. The number of hydrogen-bond donors (Lipinski definition) is 1. The van der Waals surface area contributed by atoms with Crippen molar-refractivity contribution in [2.24, 2.45) is 5.92 Å². The zero-order chi connectivity index (χ0) is 14.7. The molecule has 0 saturated carbocycles.